The molecule has 1 N–H and O–H groups in total. The Morgan fingerprint density at radius 1 is 1.16 bits per heavy atom. The lowest BCUT2D eigenvalue weighted by molar-refractivity contribution is -0.115. The summed E-state index contributed by atoms with van der Waals surface area (Å²) in [4.78, 5) is 21.7. The number of benzene rings is 1. The van der Waals surface area contributed by atoms with Crippen LogP contribution in [0.25, 0.3) is 5.78 Å². The molecule has 172 valence electrons. The molecule has 0 bridgehead atoms. The fourth-order valence-corrected chi connectivity index (χ4v) is 5.77. The highest BCUT2D eigenvalue weighted by molar-refractivity contribution is 8.00. The van der Waals surface area contributed by atoms with Crippen molar-refractivity contribution in [2.45, 2.75) is 56.8 Å². The first-order valence-corrected chi connectivity index (χ1v) is 12.7. The number of aryl methyl sites for hydroxylation is 3. The van der Waals surface area contributed by atoms with Crippen molar-refractivity contribution in [1.29, 1.82) is 0 Å². The molecular formula is C21H28N6O3S2. The van der Waals surface area contributed by atoms with Gasteiger partial charge >= 0.3 is 0 Å². The third kappa shape index (κ3) is 4.94. The third-order valence-corrected chi connectivity index (χ3v) is 8.17. The number of carbonyl (C=O) groups is 1. The molecule has 1 atom stereocenters. The maximum absolute atomic E-state index is 12.9. The van der Waals surface area contributed by atoms with Gasteiger partial charge in [0, 0.05) is 30.2 Å². The average molecular weight is 477 g/mol. The van der Waals surface area contributed by atoms with Crippen LogP contribution in [0.1, 0.15) is 37.7 Å². The number of sulfonamides is 1. The van der Waals surface area contributed by atoms with Crippen molar-refractivity contribution in [2.75, 3.05) is 18.4 Å². The van der Waals surface area contributed by atoms with Crippen LogP contribution in [0.3, 0.4) is 0 Å². The average Bonchev–Trinajstić information content (AvgIpc) is 3.12. The molecule has 1 unspecified atom stereocenters. The van der Waals surface area contributed by atoms with Gasteiger partial charge in [0.15, 0.2) is 0 Å². The summed E-state index contributed by atoms with van der Waals surface area (Å²) in [5.41, 5.74) is 2.81. The number of nitrogens with one attached hydrogen (secondary N) is 1. The summed E-state index contributed by atoms with van der Waals surface area (Å²) in [6.45, 7) is 11.7. The molecule has 0 aliphatic heterocycles. The van der Waals surface area contributed by atoms with Gasteiger partial charge in [-0.05, 0) is 51.5 Å². The Hall–Kier alpha value is -2.50. The normalized spacial score (nSPS) is 13.0. The van der Waals surface area contributed by atoms with Gasteiger partial charge in [0.2, 0.25) is 21.1 Å². The van der Waals surface area contributed by atoms with E-state index < -0.39 is 15.3 Å². The zero-order chi connectivity index (χ0) is 23.6. The summed E-state index contributed by atoms with van der Waals surface area (Å²) in [5.74, 6) is 0.215. The topological polar surface area (TPSA) is 110 Å². The van der Waals surface area contributed by atoms with E-state index in [4.69, 9.17) is 0 Å². The standard InChI is InChI=1S/C21H28N6O3S2/c1-7-26(8-2)32(29,30)18-12-17(10-9-13(18)3)23-19(28)16(6)31-21-24-20-22-14(4)11-15(5)27(20)25-21/h9-12,16H,7-8H2,1-6H3,(H,23,28). The first-order chi connectivity index (χ1) is 15.1. The Kier molecular flexibility index (Phi) is 7.21. The number of rotatable bonds is 8. The highest BCUT2D eigenvalue weighted by atomic mass is 32.2. The Labute approximate surface area is 192 Å². The molecule has 0 saturated heterocycles. The van der Waals surface area contributed by atoms with Gasteiger partial charge in [-0.15, -0.1) is 5.10 Å². The third-order valence-electron chi connectivity index (χ3n) is 5.03. The SMILES string of the molecule is CCN(CC)S(=O)(=O)c1cc(NC(=O)C(C)Sc2nc3nc(C)cc(C)n3n2)ccc1C. The maximum Gasteiger partial charge on any atom is 0.253 e. The summed E-state index contributed by atoms with van der Waals surface area (Å²) < 4.78 is 28.9. The van der Waals surface area contributed by atoms with Gasteiger partial charge in [0.1, 0.15) is 0 Å². The van der Waals surface area contributed by atoms with E-state index in [1.54, 1.807) is 44.3 Å². The highest BCUT2D eigenvalue weighted by Crippen LogP contribution is 2.26. The van der Waals surface area contributed by atoms with Gasteiger partial charge < -0.3 is 5.32 Å². The first-order valence-electron chi connectivity index (χ1n) is 10.4. The van der Waals surface area contributed by atoms with Gasteiger partial charge in [-0.2, -0.15) is 9.29 Å². The molecule has 3 aromatic rings. The molecule has 0 saturated carbocycles. The van der Waals surface area contributed by atoms with E-state index in [0.717, 1.165) is 11.4 Å². The van der Waals surface area contributed by atoms with Gasteiger partial charge in [0.05, 0.1) is 10.1 Å². The Morgan fingerprint density at radius 3 is 2.50 bits per heavy atom. The molecule has 3 rings (SSSR count). The van der Waals surface area contributed by atoms with Crippen LogP contribution >= 0.6 is 11.8 Å². The monoisotopic (exact) mass is 476 g/mol. The molecule has 1 amide bonds. The molecule has 0 aliphatic rings. The lowest BCUT2D eigenvalue weighted by Gasteiger charge is -2.20. The number of thioether (sulfide) groups is 1. The molecule has 32 heavy (non-hydrogen) atoms. The summed E-state index contributed by atoms with van der Waals surface area (Å²) in [6.07, 6.45) is 0. The predicted octanol–water partition coefficient (Wildman–Crippen LogP) is 3.20. The number of nitrogens with zero attached hydrogens (tertiary/aromatic N) is 5. The van der Waals surface area contributed by atoms with Crippen LogP contribution in [0, 0.1) is 20.8 Å². The largest absolute Gasteiger partial charge is 0.325 e. The molecule has 1 aromatic carbocycles. The molecular weight excluding hydrogens is 448 g/mol. The molecule has 0 spiro atoms. The summed E-state index contributed by atoms with van der Waals surface area (Å²) >= 11 is 1.21. The maximum atomic E-state index is 12.9. The lowest BCUT2D eigenvalue weighted by atomic mass is 10.2. The first kappa shape index (κ1) is 24.1. The van der Waals surface area contributed by atoms with Crippen molar-refractivity contribution in [3.05, 3.63) is 41.2 Å². The van der Waals surface area contributed by atoms with Crippen LogP contribution < -0.4 is 5.32 Å². The van der Waals surface area contributed by atoms with Crippen LogP contribution in [-0.2, 0) is 14.8 Å². The van der Waals surface area contributed by atoms with E-state index in [1.165, 1.54) is 22.1 Å². The smallest absolute Gasteiger partial charge is 0.253 e. The van der Waals surface area contributed by atoms with E-state index in [9.17, 15) is 13.2 Å². The lowest BCUT2D eigenvalue weighted by Crippen LogP contribution is -2.31. The quantitative estimate of drug-likeness (QED) is 0.497. The van der Waals surface area contributed by atoms with Crippen molar-refractivity contribution < 1.29 is 13.2 Å². The van der Waals surface area contributed by atoms with E-state index in [0.29, 0.717) is 35.3 Å². The minimum atomic E-state index is -3.63. The van der Waals surface area contributed by atoms with Gasteiger partial charge in [0.25, 0.3) is 5.78 Å². The molecule has 11 heteroatoms. The Balaban J connectivity index is 1.78. The van der Waals surface area contributed by atoms with Crippen LogP contribution in [0.2, 0.25) is 0 Å². The van der Waals surface area contributed by atoms with Crippen LogP contribution in [0.15, 0.2) is 34.3 Å². The number of hydrogen-bond donors (Lipinski definition) is 1. The van der Waals surface area contributed by atoms with Crippen LogP contribution in [0.4, 0.5) is 5.69 Å². The Bertz CT molecular complexity index is 1250. The molecule has 2 aromatic heterocycles. The van der Waals surface area contributed by atoms with Gasteiger partial charge in [-0.1, -0.05) is 31.7 Å². The zero-order valence-corrected chi connectivity index (χ0v) is 20.7. The fraction of sp³-hybridized carbons (Fsp3) is 0.429. The second kappa shape index (κ2) is 9.55. The molecule has 0 aliphatic carbocycles. The van der Waals surface area contributed by atoms with E-state index in [-0.39, 0.29) is 10.8 Å². The van der Waals surface area contributed by atoms with Crippen LogP contribution in [-0.4, -0.2) is 56.6 Å². The number of aromatic nitrogens is 4. The number of amides is 1. The van der Waals surface area contributed by atoms with E-state index in [1.807, 2.05) is 19.9 Å². The van der Waals surface area contributed by atoms with Crippen LogP contribution in [0.5, 0.6) is 0 Å². The minimum absolute atomic E-state index is 0.193. The number of anilines is 1. The predicted molar refractivity (Wildman–Crippen MR) is 125 cm³/mol. The van der Waals surface area contributed by atoms with Crippen molar-refractivity contribution in [3.63, 3.8) is 0 Å². The highest BCUT2D eigenvalue weighted by Gasteiger charge is 2.25. The van der Waals surface area contributed by atoms with Crippen molar-refractivity contribution >= 4 is 39.2 Å². The minimum Gasteiger partial charge on any atom is -0.325 e. The number of hydrogen-bond acceptors (Lipinski definition) is 7. The number of carbonyl (C=O) groups excluding carboxylic acids is 1. The van der Waals surface area contributed by atoms with Crippen molar-refractivity contribution in [3.8, 4) is 0 Å². The van der Waals surface area contributed by atoms with Gasteiger partial charge in [-0.3, -0.25) is 4.79 Å². The summed E-state index contributed by atoms with van der Waals surface area (Å²) in [7, 11) is -3.63. The second-order valence-electron chi connectivity index (χ2n) is 7.46. The number of fused-ring (bicyclic) bond motifs is 1. The van der Waals surface area contributed by atoms with E-state index in [2.05, 4.69) is 20.4 Å². The summed E-state index contributed by atoms with van der Waals surface area (Å²) in [5, 5.41) is 7.18. The summed E-state index contributed by atoms with van der Waals surface area (Å²) in [6, 6.07) is 6.82. The van der Waals surface area contributed by atoms with E-state index >= 15 is 0 Å². The fourth-order valence-electron chi connectivity index (χ4n) is 3.31. The second-order valence-corrected chi connectivity index (χ2v) is 10.7. The molecule has 9 nitrogen and oxygen atoms in total. The van der Waals surface area contributed by atoms with Crippen molar-refractivity contribution in [2.24, 2.45) is 0 Å². The zero-order valence-electron chi connectivity index (χ0n) is 19.1. The molecule has 2 heterocycles. The Morgan fingerprint density at radius 2 is 1.84 bits per heavy atom. The molecule has 0 fully saturated rings. The van der Waals surface area contributed by atoms with Gasteiger partial charge in [-0.25, -0.2) is 17.9 Å². The van der Waals surface area contributed by atoms with Crippen molar-refractivity contribution in [1.82, 2.24) is 23.9 Å². The molecule has 0 radical (unpaired) electrons.